The molecule has 35 heavy (non-hydrogen) atoms. The van der Waals surface area contributed by atoms with Crippen molar-refractivity contribution in [2.24, 2.45) is 0 Å². The highest BCUT2D eigenvalue weighted by atomic mass is 19.1. The first-order valence-corrected chi connectivity index (χ1v) is 11.8. The first-order chi connectivity index (χ1) is 16.9. The van der Waals surface area contributed by atoms with E-state index in [1.54, 1.807) is 12.1 Å². The van der Waals surface area contributed by atoms with E-state index in [0.717, 1.165) is 22.4 Å². The Bertz CT molecular complexity index is 1140. The zero-order chi connectivity index (χ0) is 24.8. The van der Waals surface area contributed by atoms with Gasteiger partial charge in [0.25, 0.3) is 0 Å². The number of hydrogen-bond acceptors (Lipinski definition) is 4. The molecule has 0 aliphatic carbocycles. The molecule has 4 rings (SSSR count). The fraction of sp³-hybridized carbons (Fsp3) is 0.286. The fourth-order valence-electron chi connectivity index (χ4n) is 4.48. The van der Waals surface area contributed by atoms with Gasteiger partial charge in [0.2, 0.25) is 11.8 Å². The second-order valence-electron chi connectivity index (χ2n) is 8.94. The van der Waals surface area contributed by atoms with Gasteiger partial charge in [-0.15, -0.1) is 0 Å². The highest BCUT2D eigenvalue weighted by Crippen LogP contribution is 2.25. The molecule has 182 valence electrons. The van der Waals surface area contributed by atoms with Gasteiger partial charge in [0.15, 0.2) is 0 Å². The van der Waals surface area contributed by atoms with Crippen molar-refractivity contribution in [2.45, 2.75) is 19.9 Å². The topological polar surface area (TPSA) is 64.7 Å². The fourth-order valence-corrected chi connectivity index (χ4v) is 4.48. The van der Waals surface area contributed by atoms with Crippen molar-refractivity contribution in [3.63, 3.8) is 0 Å². The van der Waals surface area contributed by atoms with E-state index < -0.39 is 6.04 Å². The number of hydrogen-bond donors (Lipinski definition) is 2. The molecule has 6 nitrogen and oxygen atoms in total. The van der Waals surface area contributed by atoms with E-state index in [9.17, 15) is 14.0 Å². The summed E-state index contributed by atoms with van der Waals surface area (Å²) in [5.41, 5.74) is 4.41. The molecule has 2 amide bonds. The lowest BCUT2D eigenvalue weighted by atomic mass is 10.0. The summed E-state index contributed by atoms with van der Waals surface area (Å²) < 4.78 is 13.3. The number of nitrogens with zero attached hydrogens (tertiary/aromatic N) is 2. The van der Waals surface area contributed by atoms with Crippen LogP contribution in [0.5, 0.6) is 0 Å². The standard InChI is InChI=1S/C28H31FN4O2/c1-20-7-6-8-21(2)26(20)31-25(34)19-32-15-17-33(18-16-32)27(22-9-4-3-5-10-22)28(35)30-24-13-11-23(29)12-14-24/h3-14,27H,15-19H2,1-2H3,(H,30,35)(H,31,34)/t27-/m1/s1. The lowest BCUT2D eigenvalue weighted by molar-refractivity contribution is -0.123. The molecule has 1 aliphatic rings. The maximum Gasteiger partial charge on any atom is 0.246 e. The van der Waals surface area contributed by atoms with Crippen LogP contribution in [0.15, 0.2) is 72.8 Å². The zero-order valence-electron chi connectivity index (χ0n) is 20.1. The summed E-state index contributed by atoms with van der Waals surface area (Å²) in [6, 6.07) is 20.9. The highest BCUT2D eigenvalue weighted by molar-refractivity contribution is 5.95. The number of rotatable bonds is 7. The van der Waals surface area contributed by atoms with Crippen molar-refractivity contribution in [3.05, 3.63) is 95.3 Å². The predicted octanol–water partition coefficient (Wildman–Crippen LogP) is 4.38. The van der Waals surface area contributed by atoms with Gasteiger partial charge in [-0.05, 0) is 54.8 Å². The molecule has 3 aromatic rings. The van der Waals surface area contributed by atoms with Gasteiger partial charge in [-0.3, -0.25) is 19.4 Å². The van der Waals surface area contributed by atoms with Gasteiger partial charge < -0.3 is 10.6 Å². The third-order valence-electron chi connectivity index (χ3n) is 6.36. The number of para-hydroxylation sites is 1. The molecule has 0 unspecified atom stereocenters. The van der Waals surface area contributed by atoms with Gasteiger partial charge in [0.1, 0.15) is 11.9 Å². The van der Waals surface area contributed by atoms with Gasteiger partial charge in [0, 0.05) is 37.6 Å². The normalized spacial score (nSPS) is 15.4. The van der Waals surface area contributed by atoms with Crippen LogP contribution >= 0.6 is 0 Å². The molecule has 0 spiro atoms. The van der Waals surface area contributed by atoms with E-state index >= 15 is 0 Å². The molecular formula is C28H31FN4O2. The van der Waals surface area contributed by atoms with Crippen LogP contribution in [0.2, 0.25) is 0 Å². The summed E-state index contributed by atoms with van der Waals surface area (Å²) in [6.45, 7) is 6.92. The average Bonchev–Trinajstić information content (AvgIpc) is 2.85. The molecule has 3 aromatic carbocycles. The molecule has 0 aromatic heterocycles. The second-order valence-corrected chi connectivity index (χ2v) is 8.94. The lowest BCUT2D eigenvalue weighted by Crippen LogP contribution is -2.51. The second kappa shape index (κ2) is 11.3. The number of amides is 2. The van der Waals surface area contributed by atoms with Crippen molar-refractivity contribution < 1.29 is 14.0 Å². The molecule has 0 saturated carbocycles. The van der Waals surface area contributed by atoms with E-state index in [1.165, 1.54) is 12.1 Å². The number of benzene rings is 3. The lowest BCUT2D eigenvalue weighted by Gasteiger charge is -2.38. The van der Waals surface area contributed by atoms with Crippen molar-refractivity contribution in [1.29, 1.82) is 0 Å². The van der Waals surface area contributed by atoms with E-state index in [4.69, 9.17) is 0 Å². The molecule has 1 fully saturated rings. The average molecular weight is 475 g/mol. The Labute approximate surface area is 205 Å². The number of aryl methyl sites for hydroxylation is 2. The molecule has 2 N–H and O–H groups in total. The minimum Gasteiger partial charge on any atom is -0.324 e. The molecular weight excluding hydrogens is 443 g/mol. The number of nitrogens with one attached hydrogen (secondary N) is 2. The van der Waals surface area contributed by atoms with E-state index in [-0.39, 0.29) is 17.6 Å². The number of piperazine rings is 1. The highest BCUT2D eigenvalue weighted by Gasteiger charge is 2.31. The summed E-state index contributed by atoms with van der Waals surface area (Å²) in [7, 11) is 0. The van der Waals surface area contributed by atoms with Crippen molar-refractivity contribution in [1.82, 2.24) is 9.80 Å². The van der Waals surface area contributed by atoms with Crippen molar-refractivity contribution in [2.75, 3.05) is 43.4 Å². The summed E-state index contributed by atoms with van der Waals surface area (Å²) in [4.78, 5) is 30.2. The Hall–Kier alpha value is -3.55. The Balaban J connectivity index is 1.39. The minimum absolute atomic E-state index is 0.0375. The summed E-state index contributed by atoms with van der Waals surface area (Å²) in [6.07, 6.45) is 0. The summed E-state index contributed by atoms with van der Waals surface area (Å²) in [5.74, 6) is -0.547. The van der Waals surface area contributed by atoms with Crippen LogP contribution in [0.25, 0.3) is 0 Å². The maximum atomic E-state index is 13.3. The van der Waals surface area contributed by atoms with Crippen LogP contribution in [-0.4, -0.2) is 54.3 Å². The van der Waals surface area contributed by atoms with Gasteiger partial charge in [0.05, 0.1) is 6.54 Å². The first-order valence-electron chi connectivity index (χ1n) is 11.8. The quantitative estimate of drug-likeness (QED) is 0.534. The molecule has 0 bridgehead atoms. The van der Waals surface area contributed by atoms with Crippen molar-refractivity contribution >= 4 is 23.2 Å². The van der Waals surface area contributed by atoms with Crippen LogP contribution in [0, 0.1) is 19.7 Å². The van der Waals surface area contributed by atoms with E-state index in [0.29, 0.717) is 38.4 Å². The molecule has 1 heterocycles. The van der Waals surface area contributed by atoms with Gasteiger partial charge in [-0.2, -0.15) is 0 Å². The zero-order valence-corrected chi connectivity index (χ0v) is 20.1. The number of carbonyl (C=O) groups excluding carboxylic acids is 2. The largest absolute Gasteiger partial charge is 0.324 e. The first kappa shape index (κ1) is 24.6. The molecule has 0 radical (unpaired) electrons. The molecule has 1 atom stereocenters. The molecule has 1 saturated heterocycles. The van der Waals surface area contributed by atoms with Crippen LogP contribution in [0.3, 0.4) is 0 Å². The SMILES string of the molecule is Cc1cccc(C)c1NC(=O)CN1CCN([C@@H](C(=O)Nc2ccc(F)cc2)c2ccccc2)CC1. The summed E-state index contributed by atoms with van der Waals surface area (Å²) in [5, 5.41) is 5.97. The van der Waals surface area contributed by atoms with E-state index in [1.807, 2.05) is 62.4 Å². The van der Waals surface area contributed by atoms with Crippen LogP contribution in [-0.2, 0) is 9.59 Å². The number of halogens is 1. The maximum absolute atomic E-state index is 13.3. The van der Waals surface area contributed by atoms with Crippen LogP contribution < -0.4 is 10.6 Å². The third-order valence-corrected chi connectivity index (χ3v) is 6.36. The minimum atomic E-state index is -0.480. The van der Waals surface area contributed by atoms with Gasteiger partial charge in [-0.1, -0.05) is 48.5 Å². The number of anilines is 2. The van der Waals surface area contributed by atoms with Gasteiger partial charge >= 0.3 is 0 Å². The monoisotopic (exact) mass is 474 g/mol. The Kier molecular flexibility index (Phi) is 7.90. The molecule has 7 heteroatoms. The van der Waals surface area contributed by atoms with Crippen LogP contribution in [0.4, 0.5) is 15.8 Å². The summed E-state index contributed by atoms with van der Waals surface area (Å²) >= 11 is 0. The van der Waals surface area contributed by atoms with Crippen LogP contribution in [0.1, 0.15) is 22.7 Å². The van der Waals surface area contributed by atoms with Crippen molar-refractivity contribution in [3.8, 4) is 0 Å². The Morgan fingerprint density at radius 2 is 1.46 bits per heavy atom. The predicted molar refractivity (Wildman–Crippen MR) is 137 cm³/mol. The molecule has 1 aliphatic heterocycles. The smallest absolute Gasteiger partial charge is 0.246 e. The Morgan fingerprint density at radius 3 is 2.09 bits per heavy atom. The Morgan fingerprint density at radius 1 is 0.829 bits per heavy atom. The number of carbonyl (C=O) groups is 2. The third kappa shape index (κ3) is 6.32. The van der Waals surface area contributed by atoms with Gasteiger partial charge in [-0.25, -0.2) is 4.39 Å². The van der Waals surface area contributed by atoms with E-state index in [2.05, 4.69) is 20.4 Å².